The molecule has 20 heavy (non-hydrogen) atoms. The maximum Gasteiger partial charge on any atom is 0.309 e. The molecule has 0 aromatic rings. The maximum atomic E-state index is 12.0. The molecule has 1 fully saturated rings. The second-order valence-electron chi connectivity index (χ2n) is 8.18. The van der Waals surface area contributed by atoms with E-state index >= 15 is 0 Å². The molecule has 3 N–H and O–H groups in total. The van der Waals surface area contributed by atoms with Gasteiger partial charge in [0.15, 0.2) is 0 Å². The molecule has 0 aromatic heterocycles. The lowest BCUT2D eigenvalue weighted by Gasteiger charge is -2.46. The van der Waals surface area contributed by atoms with Crippen molar-refractivity contribution in [3.05, 3.63) is 0 Å². The molecule has 116 valence electrons. The van der Waals surface area contributed by atoms with E-state index in [0.29, 0.717) is 0 Å². The summed E-state index contributed by atoms with van der Waals surface area (Å²) < 4.78 is 0. The van der Waals surface area contributed by atoms with Gasteiger partial charge >= 0.3 is 11.8 Å². The van der Waals surface area contributed by atoms with Crippen LogP contribution in [0.5, 0.6) is 0 Å². The SMILES string of the molecule is CC(C)(C)NC(=O)C(=O)NC1CC(C)(C)NC(C)(C)C1. The van der Waals surface area contributed by atoms with Gasteiger partial charge in [-0.3, -0.25) is 9.59 Å². The van der Waals surface area contributed by atoms with E-state index in [4.69, 9.17) is 0 Å². The highest BCUT2D eigenvalue weighted by Gasteiger charge is 2.38. The van der Waals surface area contributed by atoms with Crippen LogP contribution in [0.1, 0.15) is 61.3 Å². The minimum atomic E-state index is -0.563. The number of hydrogen-bond donors (Lipinski definition) is 3. The van der Waals surface area contributed by atoms with Gasteiger partial charge in [0.1, 0.15) is 0 Å². The highest BCUT2D eigenvalue weighted by atomic mass is 16.2. The van der Waals surface area contributed by atoms with Crippen molar-refractivity contribution >= 4 is 11.8 Å². The zero-order valence-corrected chi connectivity index (χ0v) is 13.8. The Kier molecular flexibility index (Phi) is 4.54. The quantitative estimate of drug-likeness (QED) is 0.636. The molecular formula is C15H29N3O2. The van der Waals surface area contributed by atoms with Crippen LogP contribution < -0.4 is 16.0 Å². The zero-order valence-electron chi connectivity index (χ0n) is 13.8. The van der Waals surface area contributed by atoms with Gasteiger partial charge in [-0.25, -0.2) is 0 Å². The molecule has 0 spiro atoms. The molecule has 1 saturated heterocycles. The van der Waals surface area contributed by atoms with Crippen LogP contribution in [0, 0.1) is 0 Å². The van der Waals surface area contributed by atoms with Gasteiger partial charge in [0.2, 0.25) is 0 Å². The minimum absolute atomic E-state index is 0.0134. The standard InChI is InChI=1S/C15H29N3O2/c1-13(2,3)17-12(20)11(19)16-10-8-14(4,5)18-15(6,7)9-10/h10,18H,8-9H2,1-7H3,(H,16,19)(H,17,20). The highest BCUT2D eigenvalue weighted by Crippen LogP contribution is 2.28. The van der Waals surface area contributed by atoms with Crippen LogP contribution in [-0.4, -0.2) is 34.5 Å². The Bertz CT molecular complexity index is 378. The number of carbonyl (C=O) groups is 2. The number of rotatable bonds is 1. The molecule has 1 heterocycles. The molecule has 2 amide bonds. The van der Waals surface area contributed by atoms with Gasteiger partial charge in [-0.2, -0.15) is 0 Å². The third-order valence-electron chi connectivity index (χ3n) is 3.22. The summed E-state index contributed by atoms with van der Waals surface area (Å²) in [6, 6.07) is 0.0134. The largest absolute Gasteiger partial charge is 0.345 e. The van der Waals surface area contributed by atoms with Crippen LogP contribution in [0.25, 0.3) is 0 Å². The Labute approximate surface area is 122 Å². The molecule has 1 aliphatic rings. The zero-order chi connectivity index (χ0) is 15.8. The van der Waals surface area contributed by atoms with Crippen molar-refractivity contribution in [2.24, 2.45) is 0 Å². The topological polar surface area (TPSA) is 70.2 Å². The molecule has 5 nitrogen and oxygen atoms in total. The third-order valence-corrected chi connectivity index (χ3v) is 3.22. The number of hydrogen-bond acceptors (Lipinski definition) is 3. The minimum Gasteiger partial charge on any atom is -0.345 e. The van der Waals surface area contributed by atoms with E-state index in [1.807, 2.05) is 20.8 Å². The second kappa shape index (κ2) is 5.35. The average molecular weight is 283 g/mol. The van der Waals surface area contributed by atoms with E-state index in [1.165, 1.54) is 0 Å². The Morgan fingerprint density at radius 3 is 1.85 bits per heavy atom. The molecule has 0 saturated carbocycles. The lowest BCUT2D eigenvalue weighted by molar-refractivity contribution is -0.140. The molecule has 0 aliphatic carbocycles. The van der Waals surface area contributed by atoms with E-state index < -0.39 is 17.4 Å². The van der Waals surface area contributed by atoms with Gasteiger partial charge in [-0.05, 0) is 61.3 Å². The first-order chi connectivity index (χ1) is 8.80. The van der Waals surface area contributed by atoms with Gasteiger partial charge in [-0.15, -0.1) is 0 Å². The van der Waals surface area contributed by atoms with Crippen molar-refractivity contribution in [3.8, 4) is 0 Å². The summed E-state index contributed by atoms with van der Waals surface area (Å²) in [5.74, 6) is -1.11. The average Bonchev–Trinajstić information content (AvgIpc) is 2.08. The number of carbonyl (C=O) groups excluding carboxylic acids is 2. The highest BCUT2D eigenvalue weighted by molar-refractivity contribution is 6.35. The molecule has 1 aliphatic heterocycles. The van der Waals surface area contributed by atoms with Crippen LogP contribution in [0.2, 0.25) is 0 Å². The molecule has 0 radical (unpaired) electrons. The first kappa shape index (κ1) is 17.0. The van der Waals surface area contributed by atoms with Crippen LogP contribution in [-0.2, 0) is 9.59 Å². The summed E-state index contributed by atoms with van der Waals surface area (Å²) in [5.41, 5.74) is -0.512. The van der Waals surface area contributed by atoms with Crippen molar-refractivity contribution in [2.75, 3.05) is 0 Å². The Morgan fingerprint density at radius 2 is 1.45 bits per heavy atom. The van der Waals surface area contributed by atoms with E-state index in [1.54, 1.807) is 0 Å². The van der Waals surface area contributed by atoms with Crippen LogP contribution in [0.3, 0.4) is 0 Å². The third kappa shape index (κ3) is 5.49. The lowest BCUT2D eigenvalue weighted by Crippen LogP contribution is -2.63. The molecule has 0 atom stereocenters. The van der Waals surface area contributed by atoms with Crippen LogP contribution >= 0.6 is 0 Å². The smallest absolute Gasteiger partial charge is 0.309 e. The van der Waals surface area contributed by atoms with Gasteiger partial charge in [0, 0.05) is 22.7 Å². The molecule has 0 unspecified atom stereocenters. The predicted octanol–water partition coefficient (Wildman–Crippen LogP) is 1.33. The van der Waals surface area contributed by atoms with E-state index in [-0.39, 0.29) is 17.1 Å². The molecule has 1 rings (SSSR count). The molecular weight excluding hydrogens is 254 g/mol. The van der Waals surface area contributed by atoms with Gasteiger partial charge < -0.3 is 16.0 Å². The monoisotopic (exact) mass is 283 g/mol. The summed E-state index contributed by atoms with van der Waals surface area (Å²) >= 11 is 0. The summed E-state index contributed by atoms with van der Waals surface area (Å²) in [5, 5.41) is 9.10. The Balaban J connectivity index is 2.64. The Hall–Kier alpha value is -1.10. The number of nitrogens with one attached hydrogen (secondary N) is 3. The maximum absolute atomic E-state index is 12.0. The van der Waals surface area contributed by atoms with Gasteiger partial charge in [0.05, 0.1) is 0 Å². The summed E-state index contributed by atoms with van der Waals surface area (Å²) in [4.78, 5) is 23.8. The van der Waals surface area contributed by atoms with E-state index in [9.17, 15) is 9.59 Å². The van der Waals surface area contributed by atoms with E-state index in [0.717, 1.165) is 12.8 Å². The fraction of sp³-hybridized carbons (Fsp3) is 0.867. The molecule has 0 aromatic carbocycles. The first-order valence-corrected chi connectivity index (χ1v) is 7.22. The van der Waals surface area contributed by atoms with Crippen molar-refractivity contribution in [2.45, 2.75) is 84.0 Å². The lowest BCUT2D eigenvalue weighted by atomic mass is 9.79. The van der Waals surface area contributed by atoms with Crippen LogP contribution in [0.15, 0.2) is 0 Å². The van der Waals surface area contributed by atoms with Crippen LogP contribution in [0.4, 0.5) is 0 Å². The summed E-state index contributed by atoms with van der Waals surface area (Å²) in [6.45, 7) is 14.0. The number of amides is 2. The fourth-order valence-electron chi connectivity index (χ4n) is 3.07. The summed E-state index contributed by atoms with van der Waals surface area (Å²) in [7, 11) is 0. The normalized spacial score (nSPS) is 22.1. The van der Waals surface area contributed by atoms with Crippen molar-refractivity contribution < 1.29 is 9.59 Å². The van der Waals surface area contributed by atoms with Gasteiger partial charge in [0.25, 0.3) is 0 Å². The molecule has 0 bridgehead atoms. The molecule has 5 heteroatoms. The van der Waals surface area contributed by atoms with Crippen molar-refractivity contribution in [1.29, 1.82) is 0 Å². The predicted molar refractivity (Wildman–Crippen MR) is 80.4 cm³/mol. The number of piperidine rings is 1. The second-order valence-corrected chi connectivity index (χ2v) is 8.18. The first-order valence-electron chi connectivity index (χ1n) is 7.22. The fourth-order valence-corrected chi connectivity index (χ4v) is 3.07. The Morgan fingerprint density at radius 1 is 1.00 bits per heavy atom. The summed E-state index contributed by atoms with van der Waals surface area (Å²) in [6.07, 6.45) is 1.62. The van der Waals surface area contributed by atoms with E-state index in [2.05, 4.69) is 43.6 Å². The van der Waals surface area contributed by atoms with Crippen molar-refractivity contribution in [3.63, 3.8) is 0 Å². The van der Waals surface area contributed by atoms with Gasteiger partial charge in [-0.1, -0.05) is 0 Å². The van der Waals surface area contributed by atoms with Crippen molar-refractivity contribution in [1.82, 2.24) is 16.0 Å².